The number of rotatable bonds is 5. The number of carbonyl (C=O) groups is 1. The van der Waals surface area contributed by atoms with Gasteiger partial charge in [-0.25, -0.2) is 14.2 Å². The van der Waals surface area contributed by atoms with E-state index < -0.39 is 0 Å². The predicted octanol–water partition coefficient (Wildman–Crippen LogP) is 3.14. The molecule has 0 aliphatic heterocycles. The molecule has 3 rings (SSSR count). The molecule has 124 valence electrons. The molecule has 0 fully saturated rings. The molecule has 2 amide bonds. The summed E-state index contributed by atoms with van der Waals surface area (Å²) in [5, 5.41) is 8.90. The van der Waals surface area contributed by atoms with Crippen LogP contribution in [-0.2, 0) is 6.42 Å². The van der Waals surface area contributed by atoms with E-state index in [1.165, 1.54) is 18.4 Å². The van der Waals surface area contributed by atoms with Gasteiger partial charge in [0.1, 0.15) is 17.8 Å². The van der Waals surface area contributed by atoms with Crippen LogP contribution in [0.5, 0.6) is 0 Å². The van der Waals surface area contributed by atoms with Crippen molar-refractivity contribution in [3.8, 4) is 11.5 Å². The summed E-state index contributed by atoms with van der Waals surface area (Å²) in [6.45, 7) is 2.11. The zero-order valence-electron chi connectivity index (χ0n) is 12.9. The maximum Gasteiger partial charge on any atom is 0.320 e. The molecule has 8 heteroatoms. The Balaban J connectivity index is 1.48. The molecule has 1 aromatic carbocycles. The van der Waals surface area contributed by atoms with Crippen LogP contribution in [0.4, 0.5) is 15.0 Å². The third-order valence-corrected chi connectivity index (χ3v) is 3.18. The number of urea groups is 1. The summed E-state index contributed by atoms with van der Waals surface area (Å²) in [4.78, 5) is 16.0. The van der Waals surface area contributed by atoms with E-state index >= 15 is 0 Å². The molecule has 0 saturated heterocycles. The number of anilines is 1. The van der Waals surface area contributed by atoms with Crippen molar-refractivity contribution in [1.29, 1.82) is 0 Å². The maximum atomic E-state index is 12.9. The number of oxazole rings is 1. The second-order valence-corrected chi connectivity index (χ2v) is 5.10. The van der Waals surface area contributed by atoms with Crippen molar-refractivity contribution in [3.05, 3.63) is 53.9 Å². The minimum atomic E-state index is -0.384. The fourth-order valence-electron chi connectivity index (χ4n) is 2.04. The van der Waals surface area contributed by atoms with Crippen LogP contribution in [0.25, 0.3) is 11.5 Å². The summed E-state index contributed by atoms with van der Waals surface area (Å²) in [6, 6.07) is 7.11. The normalized spacial score (nSPS) is 10.6. The quantitative estimate of drug-likeness (QED) is 0.749. The molecule has 0 atom stereocenters. The van der Waals surface area contributed by atoms with Gasteiger partial charge in [-0.1, -0.05) is 5.16 Å². The second-order valence-electron chi connectivity index (χ2n) is 5.10. The predicted molar refractivity (Wildman–Crippen MR) is 83.9 cm³/mol. The second kappa shape index (κ2) is 6.95. The topological polar surface area (TPSA) is 93.2 Å². The standard InChI is InChI=1S/C16H15FN4O3/c1-10-8-14(21-24-10)20-16(22)18-7-6-13-9-23-15(19-13)11-2-4-12(17)5-3-11/h2-5,8-9H,6-7H2,1H3,(H2,18,20,21,22). The van der Waals surface area contributed by atoms with Gasteiger partial charge in [-0.05, 0) is 31.2 Å². The molecule has 0 unspecified atom stereocenters. The van der Waals surface area contributed by atoms with Gasteiger partial charge < -0.3 is 14.3 Å². The van der Waals surface area contributed by atoms with Crippen molar-refractivity contribution in [2.24, 2.45) is 0 Å². The smallest absolute Gasteiger partial charge is 0.320 e. The number of hydrogen-bond acceptors (Lipinski definition) is 5. The van der Waals surface area contributed by atoms with E-state index in [2.05, 4.69) is 20.8 Å². The summed E-state index contributed by atoms with van der Waals surface area (Å²) in [6.07, 6.45) is 2.01. The minimum Gasteiger partial charge on any atom is -0.444 e. The third kappa shape index (κ3) is 3.97. The molecule has 0 aliphatic carbocycles. The van der Waals surface area contributed by atoms with Gasteiger partial charge in [-0.2, -0.15) is 0 Å². The summed E-state index contributed by atoms with van der Waals surface area (Å²) >= 11 is 0. The molecule has 0 aliphatic rings. The van der Waals surface area contributed by atoms with Gasteiger partial charge in [0.15, 0.2) is 5.82 Å². The van der Waals surface area contributed by atoms with E-state index in [0.29, 0.717) is 41.7 Å². The zero-order valence-corrected chi connectivity index (χ0v) is 12.9. The first-order valence-corrected chi connectivity index (χ1v) is 7.28. The fraction of sp³-hybridized carbons (Fsp3) is 0.188. The monoisotopic (exact) mass is 330 g/mol. The molecular weight excluding hydrogens is 315 g/mol. The molecule has 2 aromatic heterocycles. The molecule has 24 heavy (non-hydrogen) atoms. The van der Waals surface area contributed by atoms with Crippen LogP contribution in [-0.4, -0.2) is 22.7 Å². The number of carbonyl (C=O) groups excluding carboxylic acids is 1. The van der Waals surface area contributed by atoms with Crippen molar-refractivity contribution < 1.29 is 18.1 Å². The molecule has 0 spiro atoms. The van der Waals surface area contributed by atoms with Crippen molar-refractivity contribution in [3.63, 3.8) is 0 Å². The van der Waals surface area contributed by atoms with E-state index in [4.69, 9.17) is 8.94 Å². The van der Waals surface area contributed by atoms with Gasteiger partial charge in [0.2, 0.25) is 5.89 Å². The van der Waals surface area contributed by atoms with Crippen LogP contribution in [0.3, 0.4) is 0 Å². The van der Waals surface area contributed by atoms with E-state index in [1.54, 1.807) is 25.1 Å². The van der Waals surface area contributed by atoms with Gasteiger partial charge in [0.25, 0.3) is 0 Å². The Morgan fingerprint density at radius 3 is 2.79 bits per heavy atom. The molecule has 0 radical (unpaired) electrons. The number of benzene rings is 1. The number of amides is 2. The zero-order chi connectivity index (χ0) is 16.9. The lowest BCUT2D eigenvalue weighted by atomic mass is 10.2. The van der Waals surface area contributed by atoms with Gasteiger partial charge >= 0.3 is 6.03 Å². The van der Waals surface area contributed by atoms with Gasteiger partial charge in [-0.3, -0.25) is 5.32 Å². The Labute approximate surface area is 136 Å². The first-order valence-electron chi connectivity index (χ1n) is 7.28. The maximum absolute atomic E-state index is 12.9. The number of nitrogens with one attached hydrogen (secondary N) is 2. The Bertz CT molecular complexity index is 826. The minimum absolute atomic E-state index is 0.317. The highest BCUT2D eigenvalue weighted by atomic mass is 19.1. The third-order valence-electron chi connectivity index (χ3n) is 3.18. The number of hydrogen-bond donors (Lipinski definition) is 2. The number of aromatic nitrogens is 2. The van der Waals surface area contributed by atoms with Crippen LogP contribution >= 0.6 is 0 Å². The molecule has 0 bridgehead atoms. The van der Waals surface area contributed by atoms with E-state index in [9.17, 15) is 9.18 Å². The lowest BCUT2D eigenvalue weighted by molar-refractivity contribution is 0.252. The number of nitrogens with zero attached hydrogens (tertiary/aromatic N) is 2. The van der Waals surface area contributed by atoms with E-state index in [-0.39, 0.29) is 11.8 Å². The molecule has 2 heterocycles. The van der Waals surface area contributed by atoms with Crippen LogP contribution in [0.1, 0.15) is 11.5 Å². The van der Waals surface area contributed by atoms with Gasteiger partial charge in [0.05, 0.1) is 5.69 Å². The Kier molecular flexibility index (Phi) is 4.55. The molecular formula is C16H15FN4O3. The average molecular weight is 330 g/mol. The molecule has 7 nitrogen and oxygen atoms in total. The summed E-state index contributed by atoms with van der Waals surface area (Å²) in [5.41, 5.74) is 1.38. The first kappa shape index (κ1) is 15.7. The van der Waals surface area contributed by atoms with Crippen LogP contribution in [0.15, 0.2) is 45.5 Å². The van der Waals surface area contributed by atoms with Crippen LogP contribution < -0.4 is 10.6 Å². The van der Waals surface area contributed by atoms with Crippen molar-refractivity contribution in [2.75, 3.05) is 11.9 Å². The van der Waals surface area contributed by atoms with Crippen LogP contribution in [0.2, 0.25) is 0 Å². The highest BCUT2D eigenvalue weighted by Crippen LogP contribution is 2.19. The number of halogens is 1. The first-order chi connectivity index (χ1) is 11.6. The van der Waals surface area contributed by atoms with Gasteiger partial charge in [0, 0.05) is 24.6 Å². The van der Waals surface area contributed by atoms with Crippen molar-refractivity contribution in [2.45, 2.75) is 13.3 Å². The van der Waals surface area contributed by atoms with Crippen LogP contribution in [0, 0.1) is 12.7 Å². The van der Waals surface area contributed by atoms with E-state index in [0.717, 1.165) is 0 Å². The highest BCUT2D eigenvalue weighted by Gasteiger charge is 2.08. The lowest BCUT2D eigenvalue weighted by Gasteiger charge is -2.03. The Hall–Kier alpha value is -3.16. The van der Waals surface area contributed by atoms with Crippen molar-refractivity contribution in [1.82, 2.24) is 15.5 Å². The number of aryl methyl sites for hydroxylation is 1. The molecule has 3 aromatic rings. The Morgan fingerprint density at radius 2 is 2.08 bits per heavy atom. The molecule has 2 N–H and O–H groups in total. The van der Waals surface area contributed by atoms with Gasteiger partial charge in [-0.15, -0.1) is 0 Å². The Morgan fingerprint density at radius 1 is 1.29 bits per heavy atom. The van der Waals surface area contributed by atoms with E-state index in [1.807, 2.05) is 0 Å². The summed E-state index contributed by atoms with van der Waals surface area (Å²) in [7, 11) is 0. The highest BCUT2D eigenvalue weighted by molar-refractivity contribution is 5.88. The summed E-state index contributed by atoms with van der Waals surface area (Å²) in [5.74, 6) is 1.06. The lowest BCUT2D eigenvalue weighted by Crippen LogP contribution is -2.30. The fourth-order valence-corrected chi connectivity index (χ4v) is 2.04. The average Bonchev–Trinajstić information content (AvgIpc) is 3.17. The van der Waals surface area contributed by atoms with Crippen molar-refractivity contribution >= 4 is 11.8 Å². The largest absolute Gasteiger partial charge is 0.444 e. The molecule has 0 saturated carbocycles. The SMILES string of the molecule is Cc1cc(NC(=O)NCCc2coc(-c3ccc(F)cc3)n2)no1. The summed E-state index contributed by atoms with van der Waals surface area (Å²) < 4.78 is 23.1.